The monoisotopic (exact) mass is 653 g/mol. The number of amides is 2. The van der Waals surface area contributed by atoms with E-state index in [0.717, 1.165) is 16.0 Å². The maximum atomic E-state index is 12.7. The lowest BCUT2D eigenvalue weighted by atomic mass is 10.2. The molecular formula is C32H39N5O6S2. The molecule has 0 bridgehead atoms. The molecular weight excluding hydrogens is 615 g/mol. The first-order chi connectivity index (χ1) is 22.1. The minimum absolute atomic E-state index is 0.0903. The van der Waals surface area contributed by atoms with Gasteiger partial charge in [-0.05, 0) is 17.7 Å². The van der Waals surface area contributed by atoms with Gasteiger partial charge in [-0.25, -0.2) is 14.6 Å². The molecule has 0 aliphatic carbocycles. The van der Waals surface area contributed by atoms with Crippen LogP contribution in [0.4, 0.5) is 9.59 Å². The minimum Gasteiger partial charge on any atom is -0.444 e. The zero-order valence-electron chi connectivity index (χ0n) is 25.2. The van der Waals surface area contributed by atoms with Gasteiger partial charge in [0.15, 0.2) is 0 Å². The van der Waals surface area contributed by atoms with Crippen molar-refractivity contribution >= 4 is 34.9 Å². The van der Waals surface area contributed by atoms with Gasteiger partial charge in [0, 0.05) is 30.9 Å². The van der Waals surface area contributed by atoms with Gasteiger partial charge in [-0.1, -0.05) is 67.6 Å². The number of aromatic nitrogens is 2. The zero-order chi connectivity index (χ0) is 31.5. The van der Waals surface area contributed by atoms with E-state index in [9.17, 15) is 9.59 Å². The number of alkyl carbamates (subject to hydrolysis) is 2. The van der Waals surface area contributed by atoms with Crippen molar-refractivity contribution in [1.29, 1.82) is 0 Å². The van der Waals surface area contributed by atoms with Crippen molar-refractivity contribution in [3.8, 4) is 0 Å². The average Bonchev–Trinajstić information content (AvgIpc) is 3.78. The Morgan fingerprint density at radius 1 is 0.800 bits per heavy atom. The molecule has 2 amide bonds. The maximum absolute atomic E-state index is 12.7. The Morgan fingerprint density at radius 3 is 1.87 bits per heavy atom. The van der Waals surface area contributed by atoms with Gasteiger partial charge >= 0.3 is 12.2 Å². The molecule has 2 aromatic heterocycles. The first-order valence-electron chi connectivity index (χ1n) is 14.7. The summed E-state index contributed by atoms with van der Waals surface area (Å²) in [7, 11) is 0. The van der Waals surface area contributed by atoms with Gasteiger partial charge in [-0.3, -0.25) is 9.88 Å². The summed E-state index contributed by atoms with van der Waals surface area (Å²) >= 11 is 2.84. The number of carbonyl (C=O) groups excluding carboxylic acids is 2. The third kappa shape index (κ3) is 13.3. The Balaban J connectivity index is 1.36. The standard InChI is InChI=1S/C32H39N5O6S2/c1-2-37(16-27(20-40-18-25-9-5-3-6-10-25)35-31(38)42-22-29-15-33-24-45-29)17-28(21-41-19-26-11-7-4-8-12-26)36-32(39)43-23-30-34-13-14-44-30/h3-15,24,27-28H,2,16-23H2,1H3,(H,35,38)(H,36,39). The van der Waals surface area contributed by atoms with Crippen molar-refractivity contribution < 1.29 is 28.5 Å². The second-order valence-corrected chi connectivity index (χ2v) is 12.0. The number of hydrogen-bond acceptors (Lipinski definition) is 11. The van der Waals surface area contributed by atoms with Crippen LogP contribution in [-0.2, 0) is 45.4 Å². The lowest BCUT2D eigenvalue weighted by molar-refractivity contribution is 0.0622. The number of nitrogens with zero attached hydrogens (tertiary/aromatic N) is 3. The molecule has 0 radical (unpaired) electrons. The molecule has 0 fully saturated rings. The summed E-state index contributed by atoms with van der Waals surface area (Å²) in [6.07, 6.45) is 2.25. The highest BCUT2D eigenvalue weighted by Gasteiger charge is 2.22. The summed E-state index contributed by atoms with van der Waals surface area (Å²) < 4.78 is 22.8. The summed E-state index contributed by atoms with van der Waals surface area (Å²) in [6, 6.07) is 18.9. The van der Waals surface area contributed by atoms with Crippen LogP contribution in [0.2, 0.25) is 0 Å². The first-order valence-corrected chi connectivity index (χ1v) is 16.4. The summed E-state index contributed by atoms with van der Waals surface area (Å²) in [5, 5.41) is 8.44. The van der Waals surface area contributed by atoms with Crippen LogP contribution >= 0.6 is 22.7 Å². The Labute approximate surface area is 271 Å². The number of thiazole rings is 2. The largest absolute Gasteiger partial charge is 0.444 e. The molecule has 2 heterocycles. The Kier molecular flexibility index (Phi) is 14.7. The maximum Gasteiger partial charge on any atom is 0.407 e. The number of rotatable bonds is 19. The average molecular weight is 654 g/mol. The van der Waals surface area contributed by atoms with Gasteiger partial charge in [-0.2, -0.15) is 0 Å². The van der Waals surface area contributed by atoms with Gasteiger partial charge in [-0.15, -0.1) is 22.7 Å². The van der Waals surface area contributed by atoms with E-state index >= 15 is 0 Å². The Hall–Kier alpha value is -3.88. The fraction of sp³-hybridized carbons (Fsp3) is 0.375. The molecule has 0 aliphatic heterocycles. The van der Waals surface area contributed by atoms with Crippen molar-refractivity contribution in [3.63, 3.8) is 0 Å². The summed E-state index contributed by atoms with van der Waals surface area (Å²) in [4.78, 5) is 36.6. The number of hydrogen-bond donors (Lipinski definition) is 2. The third-order valence-electron chi connectivity index (χ3n) is 6.55. The summed E-state index contributed by atoms with van der Waals surface area (Å²) in [5.41, 5.74) is 3.76. The molecule has 240 valence electrons. The summed E-state index contributed by atoms with van der Waals surface area (Å²) in [6.45, 7) is 5.13. The van der Waals surface area contributed by atoms with Crippen LogP contribution in [0.1, 0.15) is 27.9 Å². The van der Waals surface area contributed by atoms with E-state index in [0.29, 0.717) is 37.9 Å². The van der Waals surface area contributed by atoms with E-state index in [4.69, 9.17) is 18.9 Å². The number of ether oxygens (including phenoxy) is 4. The van der Waals surface area contributed by atoms with Crippen molar-refractivity contribution in [2.75, 3.05) is 32.8 Å². The molecule has 0 aliphatic rings. The van der Waals surface area contributed by atoms with Crippen LogP contribution in [-0.4, -0.2) is 72.0 Å². The number of carbonyl (C=O) groups is 2. The predicted octanol–water partition coefficient (Wildman–Crippen LogP) is 5.24. The van der Waals surface area contributed by atoms with Crippen LogP contribution in [0, 0.1) is 0 Å². The minimum atomic E-state index is -0.554. The fourth-order valence-corrected chi connectivity index (χ4v) is 5.37. The molecule has 13 heteroatoms. The van der Waals surface area contributed by atoms with Crippen LogP contribution in [0.15, 0.2) is 83.9 Å². The van der Waals surface area contributed by atoms with Crippen LogP contribution in [0.3, 0.4) is 0 Å². The van der Waals surface area contributed by atoms with E-state index in [1.54, 1.807) is 17.9 Å². The quantitative estimate of drug-likeness (QED) is 0.140. The number of benzene rings is 2. The SMILES string of the molecule is CCN(CC(COCc1ccccc1)NC(=O)OCc1cncs1)CC(COCc1ccccc1)NC(=O)OCc1nccs1. The smallest absolute Gasteiger partial charge is 0.407 e. The molecule has 2 atom stereocenters. The highest BCUT2D eigenvalue weighted by molar-refractivity contribution is 7.09. The second kappa shape index (κ2) is 19.5. The normalized spacial score (nSPS) is 12.4. The molecule has 0 saturated carbocycles. The highest BCUT2D eigenvalue weighted by atomic mass is 32.1. The van der Waals surface area contributed by atoms with E-state index < -0.39 is 12.2 Å². The topological polar surface area (TPSA) is 124 Å². The molecule has 45 heavy (non-hydrogen) atoms. The lowest BCUT2D eigenvalue weighted by Crippen LogP contribution is -2.51. The molecule has 2 aromatic carbocycles. The van der Waals surface area contributed by atoms with Gasteiger partial charge < -0.3 is 29.6 Å². The fourth-order valence-electron chi connectivity index (χ4n) is 4.34. The van der Waals surface area contributed by atoms with Crippen LogP contribution < -0.4 is 10.6 Å². The second-order valence-electron chi connectivity index (χ2n) is 10.1. The molecule has 11 nitrogen and oxygen atoms in total. The molecule has 0 saturated heterocycles. The Bertz CT molecular complexity index is 1260. The Morgan fingerprint density at radius 2 is 1.38 bits per heavy atom. The zero-order valence-corrected chi connectivity index (χ0v) is 26.8. The van der Waals surface area contributed by atoms with Gasteiger partial charge in [0.2, 0.25) is 0 Å². The first kappa shape index (κ1) is 34.0. The van der Waals surface area contributed by atoms with Gasteiger partial charge in [0.05, 0.1) is 48.9 Å². The van der Waals surface area contributed by atoms with Crippen molar-refractivity contribution in [2.45, 2.75) is 45.4 Å². The van der Waals surface area contributed by atoms with Crippen molar-refractivity contribution in [2.24, 2.45) is 0 Å². The van der Waals surface area contributed by atoms with E-state index in [1.165, 1.54) is 22.7 Å². The summed E-state index contributed by atoms with van der Waals surface area (Å²) in [5.74, 6) is 0. The highest BCUT2D eigenvalue weighted by Crippen LogP contribution is 2.09. The van der Waals surface area contributed by atoms with Crippen molar-refractivity contribution in [3.05, 3.63) is 105 Å². The van der Waals surface area contributed by atoms with Crippen LogP contribution in [0.25, 0.3) is 0 Å². The predicted molar refractivity (Wildman–Crippen MR) is 173 cm³/mol. The van der Waals surface area contributed by atoms with E-state index in [-0.39, 0.29) is 38.5 Å². The third-order valence-corrected chi connectivity index (χ3v) is 8.05. The molecule has 4 aromatic rings. The van der Waals surface area contributed by atoms with Gasteiger partial charge in [0.25, 0.3) is 0 Å². The van der Waals surface area contributed by atoms with E-state index in [1.807, 2.05) is 73.0 Å². The molecule has 2 N–H and O–H groups in total. The molecule has 4 rings (SSSR count). The number of nitrogens with one attached hydrogen (secondary N) is 2. The molecule has 0 spiro atoms. The van der Waals surface area contributed by atoms with Gasteiger partial charge in [0.1, 0.15) is 18.2 Å². The molecule has 2 unspecified atom stereocenters. The van der Waals surface area contributed by atoms with E-state index in [2.05, 4.69) is 25.5 Å². The van der Waals surface area contributed by atoms with Crippen LogP contribution in [0.5, 0.6) is 0 Å². The van der Waals surface area contributed by atoms with Crippen molar-refractivity contribution in [1.82, 2.24) is 25.5 Å². The lowest BCUT2D eigenvalue weighted by Gasteiger charge is -2.30. The number of likely N-dealkylation sites (N-methyl/N-ethyl adjacent to an activating group) is 1.